The van der Waals surface area contributed by atoms with Crippen LogP contribution in [0.25, 0.3) is 5.32 Å². The molecule has 3 rings (SSSR count). The molecule has 0 spiro atoms. The molecule has 6 nitrogen and oxygen atoms in total. The molecule has 2 aliphatic heterocycles. The normalized spacial score (nSPS) is 25.7. The zero-order valence-electron chi connectivity index (χ0n) is 18.3. The maximum atomic E-state index is 13.4. The summed E-state index contributed by atoms with van der Waals surface area (Å²) in [6.07, 6.45) is 3.26. The molecule has 0 radical (unpaired) electrons. The zero-order chi connectivity index (χ0) is 23.5. The Hall–Kier alpha value is 0.00935. The monoisotopic (exact) mass is 580 g/mol. The number of carbonyl (C=O) groups excluding carboxylic acids is 1. The first-order valence-corrected chi connectivity index (χ1v) is 13.3. The molecule has 2 bridgehead atoms. The molecule has 2 heterocycles. The van der Waals surface area contributed by atoms with Crippen LogP contribution < -0.4 is 10.6 Å². The summed E-state index contributed by atoms with van der Waals surface area (Å²) in [6, 6.07) is 8.96. The van der Waals surface area contributed by atoms with Crippen LogP contribution in [0, 0.1) is 5.92 Å². The first-order chi connectivity index (χ1) is 15.5. The molecule has 2 N–H and O–H groups in total. The number of amides is 1. The summed E-state index contributed by atoms with van der Waals surface area (Å²) in [4.78, 5) is 15.9. The van der Waals surface area contributed by atoms with Crippen LogP contribution >= 0.6 is 11.6 Å². The fourth-order valence-corrected chi connectivity index (χ4v) is 5.37. The number of carbonyl (C=O) groups is 1. The molecular weight excluding hydrogens is 550 g/mol. The van der Waals surface area contributed by atoms with Gasteiger partial charge >= 0.3 is 22.4 Å². The quantitative estimate of drug-likeness (QED) is 0.309. The van der Waals surface area contributed by atoms with E-state index >= 15 is 0 Å². The van der Waals surface area contributed by atoms with Crippen molar-refractivity contribution in [1.82, 2.24) is 15.5 Å². The number of halogens is 1. The summed E-state index contributed by atoms with van der Waals surface area (Å²) in [5, 5.41) is 11.8. The fourth-order valence-electron chi connectivity index (χ4n) is 4.99. The van der Waals surface area contributed by atoms with Crippen LogP contribution in [0.4, 0.5) is 0 Å². The van der Waals surface area contributed by atoms with Crippen molar-refractivity contribution in [2.45, 2.75) is 43.3 Å². The van der Waals surface area contributed by atoms with Gasteiger partial charge in [-0.25, -0.2) is 0 Å². The molecular formula is C22H32ClN4O2S2Tc+. The molecule has 10 heteroatoms. The summed E-state index contributed by atoms with van der Waals surface area (Å²) in [7, 11) is 2.17. The van der Waals surface area contributed by atoms with Crippen LogP contribution in [-0.4, -0.2) is 73.7 Å². The number of fused-ring (bicyclic) bond motifs is 2. The molecule has 0 aromatic heterocycles. The molecule has 3 unspecified atom stereocenters. The van der Waals surface area contributed by atoms with Gasteiger partial charge in [0.05, 0.1) is 5.92 Å². The van der Waals surface area contributed by atoms with Gasteiger partial charge in [0.2, 0.25) is 5.91 Å². The Morgan fingerprint density at radius 1 is 1.25 bits per heavy atom. The first kappa shape index (κ1) is 28.2. The topological polar surface area (TPSA) is 75.5 Å². The van der Waals surface area contributed by atoms with E-state index in [0.717, 1.165) is 49.7 Å². The van der Waals surface area contributed by atoms with E-state index in [1.807, 2.05) is 12.1 Å². The van der Waals surface area contributed by atoms with Gasteiger partial charge in [-0.15, -0.1) is 6.54 Å². The minimum atomic E-state index is -0.0564. The number of rotatable bonds is 11. The van der Waals surface area contributed by atoms with Gasteiger partial charge in [-0.1, -0.05) is 23.7 Å². The van der Waals surface area contributed by atoms with Crippen molar-refractivity contribution in [2.24, 2.45) is 5.92 Å². The number of hydrogen-bond acceptors (Lipinski definition) is 6. The van der Waals surface area contributed by atoms with Crippen LogP contribution in [0.3, 0.4) is 0 Å². The third-order valence-electron chi connectivity index (χ3n) is 6.53. The van der Waals surface area contributed by atoms with Crippen molar-refractivity contribution in [2.75, 3.05) is 44.7 Å². The number of benzene rings is 1. The van der Waals surface area contributed by atoms with E-state index in [1.165, 1.54) is 5.56 Å². The van der Waals surface area contributed by atoms with Crippen molar-refractivity contribution in [3.05, 3.63) is 40.2 Å². The number of piperidine rings is 1. The first-order valence-electron chi connectivity index (χ1n) is 11.0. The average molecular weight is 582 g/mol. The predicted octanol–water partition coefficient (Wildman–Crippen LogP) is 2.33. The summed E-state index contributed by atoms with van der Waals surface area (Å²) >= 11 is 17.0. The second-order valence-corrected chi connectivity index (χ2v) is 9.57. The molecule has 0 saturated carbocycles. The van der Waals surface area contributed by atoms with Crippen molar-refractivity contribution < 1.29 is 27.2 Å². The number of hydrogen-bond donors (Lipinski definition) is 2. The van der Waals surface area contributed by atoms with Crippen LogP contribution in [0.1, 0.15) is 30.7 Å². The van der Waals surface area contributed by atoms with E-state index in [1.54, 1.807) is 0 Å². The van der Waals surface area contributed by atoms with E-state index in [9.17, 15) is 4.79 Å². The molecule has 2 fully saturated rings. The number of nitrogens with zero attached hydrogens (tertiary/aromatic N) is 2. The third-order valence-corrected chi connectivity index (χ3v) is 7.17. The van der Waals surface area contributed by atoms with E-state index < -0.39 is 0 Å². The molecule has 1 amide bonds. The third kappa shape index (κ3) is 7.77. The summed E-state index contributed by atoms with van der Waals surface area (Å²) in [5.41, 5.74) is 1.21. The van der Waals surface area contributed by atoms with E-state index in [4.69, 9.17) is 40.4 Å². The molecule has 2 saturated heterocycles. The van der Waals surface area contributed by atoms with Crippen molar-refractivity contribution in [3.8, 4) is 0 Å². The second-order valence-electron chi connectivity index (χ2n) is 8.32. The molecule has 0 aliphatic carbocycles. The van der Waals surface area contributed by atoms with Gasteiger partial charge in [0.25, 0.3) is 0 Å². The van der Waals surface area contributed by atoms with Gasteiger partial charge < -0.3 is 41.2 Å². The van der Waals surface area contributed by atoms with Gasteiger partial charge in [-0.3, -0.25) is 9.69 Å². The van der Waals surface area contributed by atoms with Crippen LogP contribution in [0.15, 0.2) is 24.3 Å². The van der Waals surface area contributed by atoms with Crippen LogP contribution in [0.5, 0.6) is 0 Å². The average Bonchev–Trinajstić information content (AvgIpc) is 3.04. The molecule has 5 atom stereocenters. The predicted molar refractivity (Wildman–Crippen MR) is 130 cm³/mol. The van der Waals surface area contributed by atoms with E-state index in [2.05, 4.69) is 40.0 Å². The van der Waals surface area contributed by atoms with E-state index in [0.29, 0.717) is 37.2 Å². The van der Waals surface area contributed by atoms with Gasteiger partial charge in [-0.2, -0.15) is 18.1 Å². The van der Waals surface area contributed by atoms with Crippen LogP contribution in [0.2, 0.25) is 5.02 Å². The Labute approximate surface area is 218 Å². The Bertz CT molecular complexity index is 703. The van der Waals surface area contributed by atoms with Gasteiger partial charge in [-0.05, 0) is 56.5 Å². The van der Waals surface area contributed by atoms with Gasteiger partial charge in [0.1, 0.15) is 0 Å². The van der Waals surface area contributed by atoms with E-state index in [-0.39, 0.29) is 29.8 Å². The standard InChI is InChI=1S/C22H34ClN4OS2.O.Tc/c1-27-18-6-7-20(27)21(19(12-18)15-2-4-16(23)5-3-15)22(28)26-14-17(25-9-11-30)13-24-8-10-29;;/h2-5,17-21,25,29-30H,6-14H2,1H3,(H,26,28);;/q-1;;+4/p-2/t17?,18?,19-,20?,21+;;/m1../s1. The SMILES string of the molecule is CN1C2CCC1[C@@H](C(=O)NCC(C[N-]CC[S-])NCC[S-])[C@@H](c1ccc(Cl)cc1)C2.[O]=[Tc+4]. The Morgan fingerprint density at radius 2 is 1.97 bits per heavy atom. The maximum absolute atomic E-state index is 13.4. The van der Waals surface area contributed by atoms with Gasteiger partial charge in [0.15, 0.2) is 0 Å². The summed E-state index contributed by atoms with van der Waals surface area (Å²) < 4.78 is 8.22. The van der Waals surface area contributed by atoms with Crippen molar-refractivity contribution in [3.63, 3.8) is 0 Å². The molecule has 1 aromatic rings. The molecule has 32 heavy (non-hydrogen) atoms. The summed E-state index contributed by atoms with van der Waals surface area (Å²) in [5.74, 6) is 1.57. The van der Waals surface area contributed by atoms with Crippen molar-refractivity contribution >= 4 is 42.8 Å². The number of nitrogens with one attached hydrogen (secondary N) is 2. The fraction of sp³-hybridized carbons (Fsp3) is 0.682. The van der Waals surface area contributed by atoms with Crippen LogP contribution in [-0.2, 0) is 52.4 Å². The Kier molecular flexibility index (Phi) is 13.3. The second kappa shape index (κ2) is 15.1. The van der Waals surface area contributed by atoms with Gasteiger partial charge in [0, 0.05) is 29.7 Å². The van der Waals surface area contributed by atoms with Crippen molar-refractivity contribution in [1.29, 1.82) is 0 Å². The Balaban J connectivity index is 0.00000176. The molecule has 1 aromatic carbocycles. The molecule has 2 aliphatic rings. The zero-order valence-corrected chi connectivity index (χ0v) is 22.6. The molecule has 177 valence electrons. The summed E-state index contributed by atoms with van der Waals surface area (Å²) in [6.45, 7) is 2.61. The minimum absolute atomic E-state index is 0.0564. The Morgan fingerprint density at radius 3 is 2.62 bits per heavy atom.